The first kappa shape index (κ1) is 25.0. The van der Waals surface area contributed by atoms with Gasteiger partial charge in [0.25, 0.3) is 5.91 Å². The van der Waals surface area contributed by atoms with Crippen molar-refractivity contribution < 1.29 is 18.7 Å². The van der Waals surface area contributed by atoms with Crippen LogP contribution in [0.15, 0.2) is 84.9 Å². The molecule has 0 heterocycles. The Morgan fingerprint density at radius 2 is 1.47 bits per heavy atom. The van der Waals surface area contributed by atoms with Crippen LogP contribution >= 0.6 is 0 Å². The minimum Gasteiger partial charge on any atom is -0.484 e. The zero-order valence-electron chi connectivity index (χ0n) is 19.6. The number of nitrogens with one attached hydrogen (secondary N) is 1. The maximum atomic E-state index is 13.4. The first-order valence-corrected chi connectivity index (χ1v) is 11.5. The molecule has 0 aliphatic heterocycles. The van der Waals surface area contributed by atoms with Crippen LogP contribution in [0.2, 0.25) is 0 Å². The zero-order valence-corrected chi connectivity index (χ0v) is 19.6. The topological polar surface area (TPSA) is 58.6 Å². The molecule has 0 spiro atoms. The van der Waals surface area contributed by atoms with Gasteiger partial charge in [-0.3, -0.25) is 9.59 Å². The molecular weight excluding hydrogens is 431 g/mol. The highest BCUT2D eigenvalue weighted by Crippen LogP contribution is 2.16. The van der Waals surface area contributed by atoms with Gasteiger partial charge in [0.15, 0.2) is 6.61 Å². The second-order valence-electron chi connectivity index (χ2n) is 8.59. The van der Waals surface area contributed by atoms with Crippen LogP contribution in [0.3, 0.4) is 0 Å². The number of nitrogens with zero attached hydrogens (tertiary/aromatic N) is 1. The normalized spacial score (nSPS) is 11.6. The molecule has 34 heavy (non-hydrogen) atoms. The molecule has 0 saturated carbocycles. The van der Waals surface area contributed by atoms with Crippen molar-refractivity contribution >= 4 is 11.8 Å². The average molecular weight is 463 g/mol. The maximum Gasteiger partial charge on any atom is 0.261 e. The third kappa shape index (κ3) is 7.73. The number of halogens is 1. The molecule has 2 amide bonds. The molecule has 0 aliphatic carbocycles. The minimum absolute atomic E-state index is 0.205. The van der Waals surface area contributed by atoms with Crippen molar-refractivity contribution in [1.82, 2.24) is 10.2 Å². The summed E-state index contributed by atoms with van der Waals surface area (Å²) in [4.78, 5) is 28.3. The fourth-order valence-corrected chi connectivity index (χ4v) is 3.52. The highest BCUT2D eigenvalue weighted by molar-refractivity contribution is 5.88. The van der Waals surface area contributed by atoms with E-state index in [2.05, 4.69) is 5.32 Å². The molecule has 0 unspecified atom stereocenters. The highest BCUT2D eigenvalue weighted by atomic mass is 19.1. The summed E-state index contributed by atoms with van der Waals surface area (Å²) in [5.41, 5.74) is 1.87. The van der Waals surface area contributed by atoms with Crippen LogP contribution in [0.5, 0.6) is 5.75 Å². The van der Waals surface area contributed by atoms with Crippen LogP contribution < -0.4 is 10.1 Å². The predicted molar refractivity (Wildman–Crippen MR) is 131 cm³/mol. The Hall–Kier alpha value is -3.67. The third-order valence-corrected chi connectivity index (χ3v) is 5.33. The molecule has 0 fully saturated rings. The SMILES string of the molecule is CC(C)CNC(=O)[C@@H](Cc1ccccc1)N(Cc1ccccc1)C(=O)COc1ccc(F)cc1. The average Bonchev–Trinajstić information content (AvgIpc) is 2.85. The predicted octanol–water partition coefficient (Wildman–Crippen LogP) is 4.62. The van der Waals surface area contributed by atoms with E-state index in [1.165, 1.54) is 24.3 Å². The fourth-order valence-electron chi connectivity index (χ4n) is 3.52. The van der Waals surface area contributed by atoms with Gasteiger partial charge in [-0.25, -0.2) is 4.39 Å². The van der Waals surface area contributed by atoms with Gasteiger partial charge < -0.3 is 15.0 Å². The van der Waals surface area contributed by atoms with Crippen molar-refractivity contribution in [2.24, 2.45) is 5.92 Å². The van der Waals surface area contributed by atoms with Crippen molar-refractivity contribution in [2.45, 2.75) is 32.9 Å². The molecule has 3 aromatic carbocycles. The number of carbonyl (C=O) groups is 2. The molecule has 0 radical (unpaired) electrons. The van der Waals surface area contributed by atoms with Gasteiger partial charge in [-0.1, -0.05) is 74.5 Å². The lowest BCUT2D eigenvalue weighted by molar-refractivity contribution is -0.142. The van der Waals surface area contributed by atoms with E-state index in [-0.39, 0.29) is 36.7 Å². The summed E-state index contributed by atoms with van der Waals surface area (Å²) in [6, 6.07) is 24.0. The second-order valence-corrected chi connectivity index (χ2v) is 8.59. The van der Waals surface area contributed by atoms with E-state index in [0.29, 0.717) is 18.7 Å². The standard InChI is InChI=1S/C28H31FN2O3/c1-21(2)18-30-28(33)26(17-22-9-5-3-6-10-22)31(19-23-11-7-4-8-12-23)27(32)20-34-25-15-13-24(29)14-16-25/h3-16,21,26H,17-20H2,1-2H3,(H,30,33)/t26-/m1/s1. The quantitative estimate of drug-likeness (QED) is 0.453. The van der Waals surface area contributed by atoms with Crippen molar-refractivity contribution in [3.8, 4) is 5.75 Å². The Kier molecular flexibility index (Phi) is 9.21. The molecule has 0 bridgehead atoms. The number of carbonyl (C=O) groups excluding carboxylic acids is 2. The van der Waals surface area contributed by atoms with Crippen LogP contribution in [-0.2, 0) is 22.6 Å². The number of hydrogen-bond acceptors (Lipinski definition) is 3. The monoisotopic (exact) mass is 462 g/mol. The lowest BCUT2D eigenvalue weighted by Crippen LogP contribution is -2.52. The zero-order chi connectivity index (χ0) is 24.3. The highest BCUT2D eigenvalue weighted by Gasteiger charge is 2.30. The maximum absolute atomic E-state index is 13.4. The smallest absolute Gasteiger partial charge is 0.261 e. The van der Waals surface area contributed by atoms with Gasteiger partial charge in [-0.05, 0) is 41.3 Å². The van der Waals surface area contributed by atoms with Gasteiger partial charge >= 0.3 is 0 Å². The van der Waals surface area contributed by atoms with Crippen molar-refractivity contribution in [3.05, 3.63) is 102 Å². The Bertz CT molecular complexity index is 1040. The third-order valence-electron chi connectivity index (χ3n) is 5.33. The van der Waals surface area contributed by atoms with E-state index in [1.807, 2.05) is 74.5 Å². The molecule has 6 heteroatoms. The van der Waals surface area contributed by atoms with E-state index >= 15 is 0 Å². The van der Waals surface area contributed by atoms with Crippen LogP contribution in [0, 0.1) is 11.7 Å². The largest absolute Gasteiger partial charge is 0.484 e. The van der Waals surface area contributed by atoms with Crippen LogP contribution in [0.4, 0.5) is 4.39 Å². The Balaban J connectivity index is 1.86. The van der Waals surface area contributed by atoms with Gasteiger partial charge in [0, 0.05) is 19.5 Å². The Labute approximate surface area is 200 Å². The van der Waals surface area contributed by atoms with Crippen LogP contribution in [0.25, 0.3) is 0 Å². The first-order chi connectivity index (χ1) is 16.4. The molecule has 1 N–H and O–H groups in total. The summed E-state index contributed by atoms with van der Waals surface area (Å²) < 4.78 is 18.8. The molecule has 1 atom stereocenters. The van der Waals surface area contributed by atoms with E-state index in [1.54, 1.807) is 4.90 Å². The summed E-state index contributed by atoms with van der Waals surface area (Å²) >= 11 is 0. The summed E-state index contributed by atoms with van der Waals surface area (Å²) in [5.74, 6) is -0.244. The lowest BCUT2D eigenvalue weighted by Gasteiger charge is -2.31. The van der Waals surface area contributed by atoms with Gasteiger partial charge in [0.05, 0.1) is 0 Å². The van der Waals surface area contributed by atoms with Crippen molar-refractivity contribution in [1.29, 1.82) is 0 Å². The van der Waals surface area contributed by atoms with E-state index in [4.69, 9.17) is 4.74 Å². The van der Waals surface area contributed by atoms with Gasteiger partial charge in [-0.15, -0.1) is 0 Å². The Morgan fingerprint density at radius 3 is 2.06 bits per heavy atom. The Morgan fingerprint density at radius 1 is 0.882 bits per heavy atom. The molecule has 0 saturated heterocycles. The molecule has 0 aromatic heterocycles. The van der Waals surface area contributed by atoms with E-state index in [0.717, 1.165) is 11.1 Å². The molecule has 3 rings (SSSR count). The van der Waals surface area contributed by atoms with E-state index in [9.17, 15) is 14.0 Å². The number of ether oxygens (including phenoxy) is 1. The van der Waals surface area contributed by atoms with Gasteiger partial charge in [0.1, 0.15) is 17.6 Å². The summed E-state index contributed by atoms with van der Waals surface area (Å²) in [7, 11) is 0. The summed E-state index contributed by atoms with van der Waals surface area (Å²) in [6.07, 6.45) is 0.375. The summed E-state index contributed by atoms with van der Waals surface area (Å²) in [6.45, 7) is 4.57. The number of rotatable bonds is 11. The number of hydrogen-bond donors (Lipinski definition) is 1. The molecule has 178 valence electrons. The minimum atomic E-state index is -0.717. The van der Waals surface area contributed by atoms with Crippen LogP contribution in [0.1, 0.15) is 25.0 Å². The first-order valence-electron chi connectivity index (χ1n) is 11.5. The summed E-state index contributed by atoms with van der Waals surface area (Å²) in [5, 5.41) is 2.99. The van der Waals surface area contributed by atoms with Gasteiger partial charge in [-0.2, -0.15) is 0 Å². The molecule has 5 nitrogen and oxygen atoms in total. The number of amides is 2. The van der Waals surface area contributed by atoms with E-state index < -0.39 is 6.04 Å². The molecule has 3 aromatic rings. The van der Waals surface area contributed by atoms with Crippen LogP contribution in [-0.4, -0.2) is 35.9 Å². The fraction of sp³-hybridized carbons (Fsp3) is 0.286. The van der Waals surface area contributed by atoms with Crippen molar-refractivity contribution in [2.75, 3.05) is 13.2 Å². The number of benzene rings is 3. The molecule has 0 aliphatic rings. The van der Waals surface area contributed by atoms with Crippen molar-refractivity contribution in [3.63, 3.8) is 0 Å². The molecular formula is C28H31FN2O3. The van der Waals surface area contributed by atoms with Gasteiger partial charge in [0.2, 0.25) is 5.91 Å². The second kappa shape index (κ2) is 12.5. The lowest BCUT2D eigenvalue weighted by atomic mass is 10.0.